The molecule has 19 heavy (non-hydrogen) atoms. The Kier molecular flexibility index (Phi) is 3.38. The molecule has 2 rings (SSSR count). The number of aromatic nitrogens is 2. The Morgan fingerprint density at radius 1 is 1.42 bits per heavy atom. The van der Waals surface area contributed by atoms with Gasteiger partial charge in [-0.3, -0.25) is 5.41 Å². The second-order valence-corrected chi connectivity index (χ2v) is 4.49. The lowest BCUT2D eigenvalue weighted by Crippen LogP contribution is -2.12. The molecule has 0 radical (unpaired) electrons. The number of amidine groups is 1. The Morgan fingerprint density at radius 3 is 2.58 bits per heavy atom. The highest BCUT2D eigenvalue weighted by atomic mass is 19.1. The number of nitrogens with two attached hydrogens (primary N) is 1. The smallest absolute Gasteiger partial charge is 0.149 e. The number of aryl methyl sites for hydroxylation is 1. The molecule has 4 nitrogen and oxygen atoms in total. The second kappa shape index (κ2) is 4.84. The van der Waals surface area contributed by atoms with Crippen molar-refractivity contribution < 1.29 is 4.39 Å². The fourth-order valence-electron chi connectivity index (χ4n) is 2.27. The van der Waals surface area contributed by atoms with Crippen LogP contribution in [0.1, 0.15) is 29.4 Å². The van der Waals surface area contributed by atoms with Gasteiger partial charge in [0.15, 0.2) is 0 Å². The highest BCUT2D eigenvalue weighted by molar-refractivity contribution is 5.95. The summed E-state index contributed by atoms with van der Waals surface area (Å²) < 4.78 is 15.7. The molecule has 0 unspecified atom stereocenters. The van der Waals surface area contributed by atoms with Crippen LogP contribution in [0.15, 0.2) is 18.2 Å². The van der Waals surface area contributed by atoms with Gasteiger partial charge in [-0.2, -0.15) is 5.10 Å². The van der Waals surface area contributed by atoms with Gasteiger partial charge in [0.05, 0.1) is 5.69 Å². The van der Waals surface area contributed by atoms with Crippen LogP contribution < -0.4 is 5.73 Å². The number of hydrogen-bond donors (Lipinski definition) is 2. The summed E-state index contributed by atoms with van der Waals surface area (Å²) in [5, 5.41) is 11.7. The molecule has 0 aliphatic heterocycles. The molecule has 1 heterocycles. The van der Waals surface area contributed by atoms with Gasteiger partial charge in [-0.25, -0.2) is 9.07 Å². The lowest BCUT2D eigenvalue weighted by atomic mass is 10.1. The average Bonchev–Trinajstić information content (AvgIpc) is 2.64. The number of benzene rings is 1. The van der Waals surface area contributed by atoms with Crippen LogP contribution in [0.3, 0.4) is 0 Å². The van der Waals surface area contributed by atoms with E-state index in [2.05, 4.69) is 12.0 Å². The molecule has 0 saturated carbocycles. The summed E-state index contributed by atoms with van der Waals surface area (Å²) in [5.74, 6) is -0.575. The zero-order valence-corrected chi connectivity index (χ0v) is 11.3. The highest BCUT2D eigenvalue weighted by Gasteiger charge is 2.14. The lowest BCUT2D eigenvalue weighted by Gasteiger charge is -2.08. The van der Waals surface area contributed by atoms with E-state index in [-0.39, 0.29) is 5.84 Å². The minimum absolute atomic E-state index is 0.145. The van der Waals surface area contributed by atoms with Crippen molar-refractivity contribution in [3.8, 4) is 5.69 Å². The molecule has 2 aromatic rings. The van der Waals surface area contributed by atoms with Crippen molar-refractivity contribution in [2.75, 3.05) is 0 Å². The SMILES string of the molecule is CCc1c(C)nn(-c2ccc(C(=N)N)cc2F)c1C. The lowest BCUT2D eigenvalue weighted by molar-refractivity contribution is 0.607. The van der Waals surface area contributed by atoms with Crippen LogP contribution in [0.5, 0.6) is 0 Å². The molecule has 5 heteroatoms. The molecule has 0 aliphatic carbocycles. The fraction of sp³-hybridized carbons (Fsp3) is 0.286. The van der Waals surface area contributed by atoms with Crippen LogP contribution in [0.25, 0.3) is 5.69 Å². The van der Waals surface area contributed by atoms with Crippen molar-refractivity contribution in [2.24, 2.45) is 5.73 Å². The summed E-state index contributed by atoms with van der Waals surface area (Å²) in [5.41, 5.74) is 9.08. The number of rotatable bonds is 3. The minimum Gasteiger partial charge on any atom is -0.384 e. The normalized spacial score (nSPS) is 10.7. The van der Waals surface area contributed by atoms with Crippen LogP contribution in [0.4, 0.5) is 4.39 Å². The summed E-state index contributed by atoms with van der Waals surface area (Å²) in [6.45, 7) is 5.90. The van der Waals surface area contributed by atoms with Gasteiger partial charge in [-0.1, -0.05) is 6.92 Å². The first kappa shape index (κ1) is 13.3. The van der Waals surface area contributed by atoms with Crippen molar-refractivity contribution >= 4 is 5.84 Å². The highest BCUT2D eigenvalue weighted by Crippen LogP contribution is 2.21. The molecule has 100 valence electrons. The zero-order chi connectivity index (χ0) is 14.2. The minimum atomic E-state index is -0.430. The average molecular weight is 260 g/mol. The molecule has 3 N–H and O–H groups in total. The topological polar surface area (TPSA) is 67.7 Å². The number of hydrogen-bond acceptors (Lipinski definition) is 2. The Bertz CT molecular complexity index is 643. The first-order valence-corrected chi connectivity index (χ1v) is 6.15. The summed E-state index contributed by atoms with van der Waals surface area (Å²) in [6, 6.07) is 4.49. The van der Waals surface area contributed by atoms with Crippen LogP contribution in [-0.4, -0.2) is 15.6 Å². The Hall–Kier alpha value is -2.17. The number of nitrogens with zero attached hydrogens (tertiary/aromatic N) is 2. The van der Waals surface area contributed by atoms with E-state index in [1.807, 2.05) is 13.8 Å². The predicted octanol–water partition coefficient (Wildman–Crippen LogP) is 2.47. The summed E-state index contributed by atoms with van der Waals surface area (Å²) in [7, 11) is 0. The first-order valence-electron chi connectivity index (χ1n) is 6.15. The maximum atomic E-state index is 14.1. The molecule has 0 atom stereocenters. The first-order chi connectivity index (χ1) is 8.95. The Morgan fingerprint density at radius 2 is 2.11 bits per heavy atom. The Labute approximate surface area is 111 Å². The van der Waals surface area contributed by atoms with E-state index in [1.165, 1.54) is 6.07 Å². The van der Waals surface area contributed by atoms with Gasteiger partial charge in [-0.05, 0) is 44.0 Å². The van der Waals surface area contributed by atoms with Crippen LogP contribution in [0, 0.1) is 25.1 Å². The van der Waals surface area contributed by atoms with Crippen molar-refractivity contribution in [1.29, 1.82) is 5.41 Å². The maximum absolute atomic E-state index is 14.1. The second-order valence-electron chi connectivity index (χ2n) is 4.49. The third-order valence-electron chi connectivity index (χ3n) is 3.28. The monoisotopic (exact) mass is 260 g/mol. The van der Waals surface area contributed by atoms with E-state index in [0.29, 0.717) is 11.3 Å². The molecule has 0 amide bonds. The molecular formula is C14H17FN4. The van der Waals surface area contributed by atoms with Crippen molar-refractivity contribution in [3.05, 3.63) is 46.5 Å². The van der Waals surface area contributed by atoms with Gasteiger partial charge in [-0.15, -0.1) is 0 Å². The molecule has 0 aliphatic rings. The van der Waals surface area contributed by atoms with Gasteiger partial charge in [0.1, 0.15) is 17.3 Å². The van der Waals surface area contributed by atoms with E-state index in [9.17, 15) is 4.39 Å². The van der Waals surface area contributed by atoms with Crippen molar-refractivity contribution in [2.45, 2.75) is 27.2 Å². The molecule has 0 bridgehead atoms. The fourth-order valence-corrected chi connectivity index (χ4v) is 2.27. The molecule has 0 spiro atoms. The van der Waals surface area contributed by atoms with Crippen LogP contribution >= 0.6 is 0 Å². The standard InChI is InChI=1S/C14H17FN4/c1-4-11-8(2)18-19(9(11)3)13-6-5-10(14(16)17)7-12(13)15/h5-7H,4H2,1-3H3,(H3,16,17). The predicted molar refractivity (Wildman–Crippen MR) is 73.4 cm³/mol. The van der Waals surface area contributed by atoms with Gasteiger partial charge >= 0.3 is 0 Å². The number of nitrogen functional groups attached to an aromatic ring is 1. The van der Waals surface area contributed by atoms with Crippen molar-refractivity contribution in [3.63, 3.8) is 0 Å². The van der Waals surface area contributed by atoms with E-state index < -0.39 is 5.82 Å². The zero-order valence-electron chi connectivity index (χ0n) is 11.3. The third-order valence-corrected chi connectivity index (χ3v) is 3.28. The van der Waals surface area contributed by atoms with E-state index >= 15 is 0 Å². The van der Waals surface area contributed by atoms with E-state index in [1.54, 1.807) is 16.8 Å². The summed E-state index contributed by atoms with van der Waals surface area (Å²) in [6.07, 6.45) is 0.866. The number of nitrogens with one attached hydrogen (secondary N) is 1. The van der Waals surface area contributed by atoms with Crippen LogP contribution in [0.2, 0.25) is 0 Å². The van der Waals surface area contributed by atoms with E-state index in [4.69, 9.17) is 11.1 Å². The summed E-state index contributed by atoms with van der Waals surface area (Å²) in [4.78, 5) is 0. The van der Waals surface area contributed by atoms with Gasteiger partial charge in [0.25, 0.3) is 0 Å². The Balaban J connectivity index is 2.57. The molecule has 1 aromatic carbocycles. The third kappa shape index (κ3) is 2.23. The van der Waals surface area contributed by atoms with Crippen molar-refractivity contribution in [1.82, 2.24) is 9.78 Å². The maximum Gasteiger partial charge on any atom is 0.149 e. The van der Waals surface area contributed by atoms with Gasteiger partial charge < -0.3 is 5.73 Å². The molecule has 1 aromatic heterocycles. The molecule has 0 fully saturated rings. The quantitative estimate of drug-likeness (QED) is 0.657. The van der Waals surface area contributed by atoms with Gasteiger partial charge in [0.2, 0.25) is 0 Å². The largest absolute Gasteiger partial charge is 0.384 e. The summed E-state index contributed by atoms with van der Waals surface area (Å²) >= 11 is 0. The number of halogens is 1. The van der Waals surface area contributed by atoms with Crippen LogP contribution in [-0.2, 0) is 6.42 Å². The molecular weight excluding hydrogens is 243 g/mol. The molecule has 0 saturated heterocycles. The van der Waals surface area contributed by atoms with Gasteiger partial charge in [0, 0.05) is 11.3 Å². The van der Waals surface area contributed by atoms with E-state index in [0.717, 1.165) is 23.4 Å².